The monoisotopic (exact) mass is 283 g/mol. The smallest absolute Gasteiger partial charge is 0.217 e. The first-order valence-electron chi connectivity index (χ1n) is 6.03. The zero-order chi connectivity index (χ0) is 14.3. The van der Waals surface area contributed by atoms with Gasteiger partial charge in [0.15, 0.2) is 5.78 Å². The van der Waals surface area contributed by atoms with Crippen molar-refractivity contribution in [2.75, 3.05) is 18.9 Å². The Morgan fingerprint density at radius 2 is 1.84 bits per heavy atom. The summed E-state index contributed by atoms with van der Waals surface area (Å²) in [4.78, 5) is 21.6. The summed E-state index contributed by atoms with van der Waals surface area (Å²) in [5.74, 6) is 0.205. The molecule has 0 aromatic heterocycles. The van der Waals surface area contributed by atoms with Gasteiger partial charge in [-0.05, 0) is 31.2 Å². The number of carbonyl (C=O) groups excluding carboxylic acids is 2. The molecule has 0 aliphatic carbocycles. The number of hydrogen-bond donors (Lipinski definition) is 1. The Hall–Kier alpha value is -1.61. The van der Waals surface area contributed by atoms with Gasteiger partial charge in [-0.3, -0.25) is 9.59 Å². The zero-order valence-electron chi connectivity index (χ0n) is 10.8. The van der Waals surface area contributed by atoms with E-state index < -0.39 is 13.7 Å². The molecule has 1 unspecified atom stereocenters. The van der Waals surface area contributed by atoms with Crippen molar-refractivity contribution < 1.29 is 18.9 Å². The molecule has 0 saturated heterocycles. The van der Waals surface area contributed by atoms with Gasteiger partial charge in [-0.1, -0.05) is 0 Å². The molecule has 104 valence electrons. The van der Waals surface area contributed by atoms with Gasteiger partial charge in [-0.2, -0.15) is 0 Å². The number of hydrogen-bond acceptors (Lipinski definition) is 4. The third-order valence-electron chi connectivity index (χ3n) is 2.56. The van der Waals surface area contributed by atoms with Gasteiger partial charge >= 0.3 is 0 Å². The molecule has 0 saturated carbocycles. The van der Waals surface area contributed by atoms with E-state index in [0.29, 0.717) is 30.2 Å². The summed E-state index contributed by atoms with van der Waals surface area (Å²) in [6.07, 6.45) is 0.921. The third-order valence-corrected chi connectivity index (χ3v) is 4.13. The maximum absolute atomic E-state index is 11.5. The van der Waals surface area contributed by atoms with Crippen LogP contribution in [0.1, 0.15) is 23.7 Å². The van der Waals surface area contributed by atoms with Gasteiger partial charge in [0, 0.05) is 24.3 Å². The van der Waals surface area contributed by atoms with E-state index in [9.17, 15) is 14.2 Å². The second-order valence-corrected chi connectivity index (χ2v) is 6.26. The SMILES string of the molecule is CC(=O)c1ccc(OCC[PH](=O)CCC(N)=O)cc1. The van der Waals surface area contributed by atoms with Crippen molar-refractivity contribution in [3.05, 3.63) is 29.8 Å². The van der Waals surface area contributed by atoms with Gasteiger partial charge in [0.05, 0.1) is 14.4 Å². The summed E-state index contributed by atoms with van der Waals surface area (Å²) in [7, 11) is -1.81. The predicted octanol–water partition coefficient (Wildman–Crippen LogP) is 1.70. The van der Waals surface area contributed by atoms with Crippen LogP contribution in [0.15, 0.2) is 24.3 Å². The lowest BCUT2D eigenvalue weighted by molar-refractivity contribution is -0.117. The Morgan fingerprint density at radius 1 is 1.21 bits per heavy atom. The number of carbonyl (C=O) groups is 2. The molecular weight excluding hydrogens is 265 g/mol. The van der Waals surface area contributed by atoms with E-state index >= 15 is 0 Å². The van der Waals surface area contributed by atoms with Gasteiger partial charge in [0.2, 0.25) is 5.91 Å². The highest BCUT2D eigenvalue weighted by Crippen LogP contribution is 2.21. The van der Waals surface area contributed by atoms with Crippen molar-refractivity contribution >= 4 is 19.5 Å². The molecule has 6 heteroatoms. The van der Waals surface area contributed by atoms with E-state index in [2.05, 4.69) is 0 Å². The predicted molar refractivity (Wildman–Crippen MR) is 74.5 cm³/mol. The maximum atomic E-state index is 11.5. The Bertz CT molecular complexity index is 470. The molecule has 19 heavy (non-hydrogen) atoms. The second kappa shape index (κ2) is 7.74. The average Bonchev–Trinajstić information content (AvgIpc) is 2.37. The fraction of sp³-hybridized carbons (Fsp3) is 0.385. The average molecular weight is 283 g/mol. The van der Waals surface area contributed by atoms with Gasteiger partial charge < -0.3 is 15.0 Å². The molecule has 1 atom stereocenters. The summed E-state index contributed by atoms with van der Waals surface area (Å²) >= 11 is 0. The van der Waals surface area contributed by atoms with Crippen LogP contribution in [0.5, 0.6) is 5.75 Å². The number of ether oxygens (including phenoxy) is 1. The van der Waals surface area contributed by atoms with E-state index in [1.165, 1.54) is 6.92 Å². The molecule has 1 amide bonds. The highest BCUT2D eigenvalue weighted by atomic mass is 31.1. The molecule has 0 heterocycles. The molecule has 0 fully saturated rings. The summed E-state index contributed by atoms with van der Waals surface area (Å²) in [5, 5.41) is 0. The minimum Gasteiger partial charge on any atom is -0.493 e. The first-order valence-corrected chi connectivity index (χ1v) is 7.85. The molecule has 5 nitrogen and oxygen atoms in total. The highest BCUT2D eigenvalue weighted by Gasteiger charge is 2.04. The second-order valence-electron chi connectivity index (χ2n) is 4.18. The Morgan fingerprint density at radius 3 is 2.37 bits per heavy atom. The molecule has 0 bridgehead atoms. The van der Waals surface area contributed by atoms with Crippen LogP contribution >= 0.6 is 7.80 Å². The molecule has 1 aromatic carbocycles. The van der Waals surface area contributed by atoms with Crippen LogP contribution in [0.3, 0.4) is 0 Å². The van der Waals surface area contributed by atoms with E-state index in [1.54, 1.807) is 24.3 Å². The van der Waals surface area contributed by atoms with Crippen molar-refractivity contribution in [2.45, 2.75) is 13.3 Å². The fourth-order valence-corrected chi connectivity index (χ4v) is 2.56. The minimum atomic E-state index is -1.81. The third kappa shape index (κ3) is 6.20. The first kappa shape index (κ1) is 15.4. The van der Waals surface area contributed by atoms with Crippen LogP contribution in [-0.4, -0.2) is 30.6 Å². The van der Waals surface area contributed by atoms with Crippen molar-refractivity contribution in [2.24, 2.45) is 5.73 Å². The van der Waals surface area contributed by atoms with Gasteiger partial charge in [0.1, 0.15) is 5.75 Å². The normalized spacial score (nSPS) is 11.8. The Balaban J connectivity index is 2.31. The van der Waals surface area contributed by atoms with Crippen LogP contribution in [0.2, 0.25) is 0 Å². The van der Waals surface area contributed by atoms with Crippen molar-refractivity contribution in [1.82, 2.24) is 0 Å². The van der Waals surface area contributed by atoms with Crippen molar-refractivity contribution in [1.29, 1.82) is 0 Å². The maximum Gasteiger partial charge on any atom is 0.217 e. The van der Waals surface area contributed by atoms with Crippen LogP contribution in [0.4, 0.5) is 0 Å². The summed E-state index contributed by atoms with van der Waals surface area (Å²) in [6.45, 7) is 1.83. The van der Waals surface area contributed by atoms with Gasteiger partial charge in [0.25, 0.3) is 0 Å². The van der Waals surface area contributed by atoms with Crippen LogP contribution in [0.25, 0.3) is 0 Å². The van der Waals surface area contributed by atoms with Crippen LogP contribution in [0, 0.1) is 0 Å². The van der Waals surface area contributed by atoms with Crippen LogP contribution < -0.4 is 10.5 Å². The van der Waals surface area contributed by atoms with Gasteiger partial charge in [-0.15, -0.1) is 0 Å². The number of nitrogens with two attached hydrogens (primary N) is 1. The molecule has 0 aliphatic heterocycles. The Labute approximate surface area is 112 Å². The number of benzene rings is 1. The zero-order valence-corrected chi connectivity index (χ0v) is 11.8. The summed E-state index contributed by atoms with van der Waals surface area (Å²) in [5.41, 5.74) is 5.61. The number of Topliss-reactive ketones (excluding diaryl/α,β-unsaturated/α-hetero) is 1. The van der Waals surface area contributed by atoms with E-state index in [-0.39, 0.29) is 12.2 Å². The largest absolute Gasteiger partial charge is 0.493 e. The molecule has 0 spiro atoms. The summed E-state index contributed by atoms with van der Waals surface area (Å²) < 4.78 is 17.0. The molecule has 0 radical (unpaired) electrons. The molecule has 2 N–H and O–H groups in total. The lowest BCUT2D eigenvalue weighted by Crippen LogP contribution is -2.11. The number of amides is 1. The number of rotatable bonds is 8. The molecule has 1 aromatic rings. The topological polar surface area (TPSA) is 86.5 Å². The fourth-order valence-electron chi connectivity index (χ4n) is 1.46. The lowest BCUT2D eigenvalue weighted by atomic mass is 10.1. The molecule has 1 rings (SSSR count). The van der Waals surface area contributed by atoms with E-state index in [4.69, 9.17) is 10.5 Å². The molecule has 0 aliphatic rings. The number of primary amides is 1. The molecular formula is C13H18NO4P. The first-order chi connectivity index (χ1) is 8.99. The van der Waals surface area contributed by atoms with E-state index in [0.717, 1.165) is 0 Å². The lowest BCUT2D eigenvalue weighted by Gasteiger charge is -2.06. The Kier molecular flexibility index (Phi) is 6.30. The van der Waals surface area contributed by atoms with Crippen molar-refractivity contribution in [3.8, 4) is 5.75 Å². The standard InChI is InChI=1S/C13H18NO4P/c1-10(15)11-2-4-12(5-3-11)18-7-9-19(17)8-6-13(14)16/h2-5,19H,6-9H2,1H3,(H2,14,16). The van der Waals surface area contributed by atoms with Gasteiger partial charge in [-0.25, -0.2) is 0 Å². The highest BCUT2D eigenvalue weighted by molar-refractivity contribution is 7.44. The van der Waals surface area contributed by atoms with Crippen molar-refractivity contribution in [3.63, 3.8) is 0 Å². The summed E-state index contributed by atoms with van der Waals surface area (Å²) in [6, 6.07) is 6.79. The minimum absolute atomic E-state index is 0.00283. The van der Waals surface area contributed by atoms with Crippen LogP contribution in [-0.2, 0) is 9.36 Å². The quantitative estimate of drug-likeness (QED) is 0.581. The van der Waals surface area contributed by atoms with E-state index in [1.807, 2.05) is 0 Å². The number of ketones is 1.